The molecule has 4 heteroatoms. The van der Waals surface area contributed by atoms with Gasteiger partial charge in [0, 0.05) is 11.6 Å². The number of rotatable bonds is 3. The maximum Gasteiger partial charge on any atom is 0.529 e. The van der Waals surface area contributed by atoms with E-state index < -0.39 is 0 Å². The zero-order valence-electron chi connectivity index (χ0n) is 10.6. The lowest BCUT2D eigenvalue weighted by Crippen LogP contribution is -2.58. The first-order valence-electron chi connectivity index (χ1n) is 6.27. The van der Waals surface area contributed by atoms with Gasteiger partial charge in [-0.25, -0.2) is 0 Å². The minimum Gasteiger partial charge on any atom is -0.375 e. The summed E-state index contributed by atoms with van der Waals surface area (Å²) in [6.45, 7) is 5.09. The predicted molar refractivity (Wildman–Crippen MR) is 68.6 cm³/mol. The Morgan fingerprint density at radius 2 is 2.11 bits per heavy atom. The van der Waals surface area contributed by atoms with Crippen LogP contribution in [0, 0.1) is 0 Å². The Morgan fingerprint density at radius 1 is 1.33 bits per heavy atom. The van der Waals surface area contributed by atoms with Crippen molar-refractivity contribution in [1.29, 1.82) is 0 Å². The van der Waals surface area contributed by atoms with Gasteiger partial charge < -0.3 is 9.47 Å². The van der Waals surface area contributed by atoms with Gasteiger partial charge in [0.05, 0.1) is 13.2 Å². The van der Waals surface area contributed by atoms with Crippen LogP contribution < -0.4 is 4.48 Å². The van der Waals surface area contributed by atoms with Crippen LogP contribution >= 0.6 is 0 Å². The van der Waals surface area contributed by atoms with E-state index in [1.54, 1.807) is 0 Å². The van der Waals surface area contributed by atoms with E-state index in [-0.39, 0.29) is 16.8 Å². The highest BCUT2D eigenvalue weighted by Gasteiger charge is 2.60. The summed E-state index contributed by atoms with van der Waals surface area (Å²) >= 11 is 0. The lowest BCUT2D eigenvalue weighted by Gasteiger charge is -2.34. The number of hydrogen-bond donors (Lipinski definition) is 0. The first-order chi connectivity index (χ1) is 8.74. The summed E-state index contributed by atoms with van der Waals surface area (Å²) in [6.07, 6.45) is 1.33. The van der Waals surface area contributed by atoms with E-state index >= 15 is 0 Å². The van der Waals surface area contributed by atoms with Crippen molar-refractivity contribution in [2.24, 2.45) is 0 Å². The monoisotopic (exact) mass is 246 g/mol. The van der Waals surface area contributed by atoms with E-state index in [0.717, 1.165) is 11.3 Å². The molecule has 2 aliphatic heterocycles. The Hall–Kier alpha value is -1.65. The maximum absolute atomic E-state index is 12.3. The van der Waals surface area contributed by atoms with Gasteiger partial charge in [-0.05, 0) is 26.0 Å². The molecular formula is C14H16NO3+. The van der Waals surface area contributed by atoms with Crippen LogP contribution in [0.3, 0.4) is 0 Å². The molecule has 1 saturated heterocycles. The normalized spacial score (nSPS) is 28.7. The molecule has 0 aliphatic carbocycles. The number of fused-ring (bicyclic) bond motifs is 4. The van der Waals surface area contributed by atoms with Gasteiger partial charge in [-0.15, -0.1) is 0 Å². The third-order valence-electron chi connectivity index (χ3n) is 3.66. The molecule has 0 N–H and O–H groups in total. The number of hydrogen-bond acceptors (Lipinski definition) is 3. The quantitative estimate of drug-likeness (QED) is 0.769. The smallest absolute Gasteiger partial charge is 0.375 e. The highest BCUT2D eigenvalue weighted by molar-refractivity contribution is 5.93. The summed E-state index contributed by atoms with van der Waals surface area (Å²) in [5, 5.41) is 0. The van der Waals surface area contributed by atoms with Crippen molar-refractivity contribution in [3.05, 3.63) is 35.6 Å². The Balaban J connectivity index is 2.24. The topological polar surface area (TPSA) is 35.5 Å². The van der Waals surface area contributed by atoms with Crippen LogP contribution in [-0.2, 0) is 9.47 Å². The van der Waals surface area contributed by atoms with Crippen molar-refractivity contribution in [2.45, 2.75) is 20.1 Å². The molecule has 3 rings (SSSR count). The summed E-state index contributed by atoms with van der Waals surface area (Å²) in [7, 11) is 0. The number of benzene rings is 1. The average molecular weight is 246 g/mol. The van der Waals surface area contributed by atoms with Gasteiger partial charge in [-0.2, -0.15) is 9.28 Å². The van der Waals surface area contributed by atoms with Gasteiger partial charge in [0.1, 0.15) is 0 Å². The van der Waals surface area contributed by atoms with Crippen LogP contribution in [0.25, 0.3) is 6.08 Å². The second-order valence-corrected chi connectivity index (χ2v) is 4.47. The largest absolute Gasteiger partial charge is 0.529 e. The van der Waals surface area contributed by atoms with Crippen molar-refractivity contribution in [1.82, 2.24) is 4.48 Å². The van der Waals surface area contributed by atoms with E-state index in [0.29, 0.717) is 18.9 Å². The SMILES string of the molecule is CCOC1C2=Cc3ccccc3[N+]1(CC)C(=O)O2. The summed E-state index contributed by atoms with van der Waals surface area (Å²) in [4.78, 5) is 12.3. The molecule has 2 heterocycles. The fraction of sp³-hybridized carbons (Fsp3) is 0.357. The Bertz CT molecular complexity index is 538. The zero-order chi connectivity index (χ0) is 12.8. The molecule has 1 aromatic carbocycles. The van der Waals surface area contributed by atoms with Gasteiger partial charge >= 0.3 is 6.09 Å². The predicted octanol–water partition coefficient (Wildman–Crippen LogP) is 2.88. The Kier molecular flexibility index (Phi) is 2.50. The highest BCUT2D eigenvalue weighted by Crippen LogP contribution is 2.45. The second kappa shape index (κ2) is 3.93. The molecular weight excluding hydrogens is 230 g/mol. The molecule has 0 radical (unpaired) electrons. The Morgan fingerprint density at radius 3 is 2.83 bits per heavy atom. The summed E-state index contributed by atoms with van der Waals surface area (Å²) in [5.74, 6) is 0.627. The molecule has 0 aromatic heterocycles. The second-order valence-electron chi connectivity index (χ2n) is 4.47. The van der Waals surface area contributed by atoms with Crippen molar-refractivity contribution < 1.29 is 14.3 Å². The average Bonchev–Trinajstić information content (AvgIpc) is 2.57. The van der Waals surface area contributed by atoms with Crippen molar-refractivity contribution in [2.75, 3.05) is 13.2 Å². The molecule has 1 aromatic rings. The Labute approximate surface area is 106 Å². The standard InChI is InChI=1S/C14H16NO3/c1-3-15-11-8-6-5-7-10(11)9-12(18-14(15)16)13(15)17-4-2/h5-9,13H,3-4H2,1-2H3/q+1. The van der Waals surface area contributed by atoms with E-state index in [2.05, 4.69) is 0 Å². The number of para-hydroxylation sites is 1. The molecule has 2 unspecified atom stereocenters. The summed E-state index contributed by atoms with van der Waals surface area (Å²) in [6, 6.07) is 7.89. The van der Waals surface area contributed by atoms with E-state index in [1.165, 1.54) is 0 Å². The van der Waals surface area contributed by atoms with Crippen LogP contribution in [0.5, 0.6) is 0 Å². The van der Waals surface area contributed by atoms with Crippen LogP contribution in [-0.4, -0.2) is 25.5 Å². The minimum absolute atomic E-state index is 0.121. The molecule has 18 heavy (non-hydrogen) atoms. The molecule has 0 spiro atoms. The third kappa shape index (κ3) is 1.24. The van der Waals surface area contributed by atoms with E-state index in [1.807, 2.05) is 44.2 Å². The van der Waals surface area contributed by atoms with Crippen LogP contribution in [0.15, 0.2) is 30.0 Å². The summed E-state index contributed by atoms with van der Waals surface area (Å²) in [5.41, 5.74) is 2.00. The van der Waals surface area contributed by atoms with E-state index in [4.69, 9.17) is 9.47 Å². The lowest BCUT2D eigenvalue weighted by atomic mass is 10.0. The van der Waals surface area contributed by atoms with Crippen molar-refractivity contribution in [3.63, 3.8) is 0 Å². The fourth-order valence-electron chi connectivity index (χ4n) is 2.83. The number of quaternary nitrogens is 1. The van der Waals surface area contributed by atoms with Gasteiger partial charge in [-0.3, -0.25) is 0 Å². The maximum atomic E-state index is 12.3. The molecule has 4 nitrogen and oxygen atoms in total. The molecule has 0 saturated carbocycles. The molecule has 2 bridgehead atoms. The van der Waals surface area contributed by atoms with Gasteiger partial charge in [0.25, 0.3) is 6.23 Å². The van der Waals surface area contributed by atoms with Crippen LogP contribution in [0.2, 0.25) is 0 Å². The molecule has 2 atom stereocenters. The number of carbonyl (C=O) groups is 1. The first kappa shape index (κ1) is 11.4. The van der Waals surface area contributed by atoms with Crippen molar-refractivity contribution in [3.8, 4) is 0 Å². The summed E-state index contributed by atoms with van der Waals surface area (Å²) < 4.78 is 11.3. The van der Waals surface area contributed by atoms with E-state index in [9.17, 15) is 4.79 Å². The molecule has 2 aliphatic rings. The van der Waals surface area contributed by atoms with Crippen molar-refractivity contribution >= 4 is 17.9 Å². The van der Waals surface area contributed by atoms with Gasteiger partial charge in [-0.1, -0.05) is 12.1 Å². The molecule has 94 valence electrons. The first-order valence-corrected chi connectivity index (χ1v) is 6.27. The number of carbonyl (C=O) groups excluding carboxylic acids is 1. The number of likely N-dealkylation sites (N-methyl/N-ethyl adjacent to an activating group) is 1. The molecule has 1 amide bonds. The van der Waals surface area contributed by atoms with Gasteiger partial charge in [0.2, 0.25) is 5.76 Å². The van der Waals surface area contributed by atoms with Crippen LogP contribution in [0.1, 0.15) is 19.4 Å². The minimum atomic E-state index is -0.331. The number of ether oxygens (including phenoxy) is 2. The van der Waals surface area contributed by atoms with Crippen LogP contribution in [0.4, 0.5) is 10.5 Å². The third-order valence-corrected chi connectivity index (χ3v) is 3.66. The molecule has 1 fully saturated rings. The number of nitrogens with zero attached hydrogens (tertiary/aromatic N) is 1. The lowest BCUT2D eigenvalue weighted by molar-refractivity contribution is 0.0104. The van der Waals surface area contributed by atoms with Gasteiger partial charge in [0.15, 0.2) is 5.69 Å². The fourth-order valence-corrected chi connectivity index (χ4v) is 2.83. The highest BCUT2D eigenvalue weighted by atomic mass is 16.6. The zero-order valence-corrected chi connectivity index (χ0v) is 10.6. The number of amides is 1.